The fraction of sp³-hybridized carbons (Fsp3) is 0.455. The van der Waals surface area contributed by atoms with E-state index in [0.717, 1.165) is 0 Å². The van der Waals surface area contributed by atoms with Crippen molar-refractivity contribution in [3.8, 4) is 0 Å². The lowest BCUT2D eigenvalue weighted by atomic mass is 10.4. The first-order chi connectivity index (χ1) is 8.08. The van der Waals surface area contributed by atoms with Gasteiger partial charge >= 0.3 is 0 Å². The number of pyridine rings is 1. The molecule has 1 rings (SSSR count). The Hall–Kier alpha value is -1.49. The van der Waals surface area contributed by atoms with Crippen LogP contribution < -0.4 is 11.1 Å². The Balaban J connectivity index is 2.61. The average Bonchev–Trinajstić information content (AvgIpc) is 2.32. The summed E-state index contributed by atoms with van der Waals surface area (Å²) in [5, 5.41) is 3.24. The number of halogens is 1. The summed E-state index contributed by atoms with van der Waals surface area (Å²) >= 11 is 5.75. The molecule has 0 aliphatic rings. The van der Waals surface area contributed by atoms with Gasteiger partial charge in [-0.3, -0.25) is 4.79 Å². The zero-order chi connectivity index (χ0) is 12.8. The van der Waals surface area contributed by atoms with Crippen LogP contribution in [0, 0.1) is 0 Å². The summed E-state index contributed by atoms with van der Waals surface area (Å²) in [5.41, 5.74) is 6.18. The van der Waals surface area contributed by atoms with Gasteiger partial charge in [0.2, 0.25) is 5.91 Å². The van der Waals surface area contributed by atoms with Crippen LogP contribution in [0.3, 0.4) is 0 Å². The molecule has 0 saturated carbocycles. The molecule has 5 nitrogen and oxygen atoms in total. The standard InChI is InChI=1S/C11H17ClN4O/c1-3-16(4-2)10(17)7-14-11-8(13)5-6-9(12)15-11/h5-6H,3-4,7,13H2,1-2H3,(H,14,15). The van der Waals surface area contributed by atoms with Crippen LogP contribution in [0.1, 0.15) is 13.8 Å². The summed E-state index contributed by atoms with van der Waals surface area (Å²) in [6, 6.07) is 3.26. The zero-order valence-electron chi connectivity index (χ0n) is 10.0. The molecule has 1 aromatic heterocycles. The van der Waals surface area contributed by atoms with Gasteiger partial charge in [-0.05, 0) is 26.0 Å². The van der Waals surface area contributed by atoms with Gasteiger partial charge < -0.3 is 16.0 Å². The number of nitrogens with two attached hydrogens (primary N) is 1. The summed E-state index contributed by atoms with van der Waals surface area (Å²) in [6.07, 6.45) is 0. The van der Waals surface area contributed by atoms with Gasteiger partial charge in [0.15, 0.2) is 5.82 Å². The predicted octanol–water partition coefficient (Wildman–Crippen LogP) is 1.60. The van der Waals surface area contributed by atoms with Crippen LogP contribution in [0.15, 0.2) is 12.1 Å². The molecule has 0 spiro atoms. The number of amides is 1. The lowest BCUT2D eigenvalue weighted by Crippen LogP contribution is -2.35. The van der Waals surface area contributed by atoms with Crippen LogP contribution in [0.5, 0.6) is 0 Å². The van der Waals surface area contributed by atoms with E-state index in [1.165, 1.54) is 0 Å². The third-order valence-electron chi connectivity index (χ3n) is 2.42. The number of hydrogen-bond acceptors (Lipinski definition) is 4. The number of carbonyl (C=O) groups is 1. The van der Waals surface area contributed by atoms with Gasteiger partial charge in [0, 0.05) is 13.1 Å². The Bertz CT molecular complexity index is 393. The summed E-state index contributed by atoms with van der Waals surface area (Å²) in [7, 11) is 0. The van der Waals surface area contributed by atoms with Crippen LogP contribution in [0.25, 0.3) is 0 Å². The van der Waals surface area contributed by atoms with Crippen LogP contribution in [0.2, 0.25) is 5.15 Å². The molecule has 17 heavy (non-hydrogen) atoms. The molecule has 1 heterocycles. The first-order valence-electron chi connectivity index (χ1n) is 5.52. The minimum atomic E-state index is 0.0103. The van der Waals surface area contributed by atoms with Gasteiger partial charge in [-0.15, -0.1) is 0 Å². The van der Waals surface area contributed by atoms with E-state index in [4.69, 9.17) is 17.3 Å². The number of rotatable bonds is 5. The Kier molecular flexibility index (Phi) is 5.03. The molecule has 0 aliphatic carbocycles. The lowest BCUT2D eigenvalue weighted by Gasteiger charge is -2.19. The van der Waals surface area contributed by atoms with E-state index >= 15 is 0 Å². The summed E-state index contributed by atoms with van der Waals surface area (Å²) in [4.78, 5) is 17.5. The van der Waals surface area contributed by atoms with E-state index in [9.17, 15) is 4.79 Å². The maximum Gasteiger partial charge on any atom is 0.241 e. The van der Waals surface area contributed by atoms with Gasteiger partial charge in [-0.1, -0.05) is 11.6 Å². The number of nitrogens with zero attached hydrogens (tertiary/aromatic N) is 2. The van der Waals surface area contributed by atoms with Gasteiger partial charge in [-0.25, -0.2) is 4.98 Å². The highest BCUT2D eigenvalue weighted by molar-refractivity contribution is 6.29. The minimum absolute atomic E-state index is 0.0103. The van der Waals surface area contributed by atoms with Crippen molar-refractivity contribution in [1.29, 1.82) is 0 Å². The fourth-order valence-corrected chi connectivity index (χ4v) is 1.58. The van der Waals surface area contributed by atoms with Crippen molar-refractivity contribution >= 4 is 29.0 Å². The van der Waals surface area contributed by atoms with Crippen LogP contribution >= 0.6 is 11.6 Å². The highest BCUT2D eigenvalue weighted by Gasteiger charge is 2.10. The first-order valence-corrected chi connectivity index (χ1v) is 5.90. The second-order valence-electron chi connectivity index (χ2n) is 3.49. The third-order valence-corrected chi connectivity index (χ3v) is 2.63. The SMILES string of the molecule is CCN(CC)C(=O)CNc1nc(Cl)ccc1N. The molecule has 1 amide bonds. The summed E-state index contributed by atoms with van der Waals surface area (Å²) < 4.78 is 0. The minimum Gasteiger partial charge on any atom is -0.396 e. The van der Waals surface area contributed by atoms with Gasteiger partial charge in [0.1, 0.15) is 5.15 Å². The third kappa shape index (κ3) is 3.78. The molecular weight excluding hydrogens is 240 g/mol. The summed E-state index contributed by atoms with van der Waals surface area (Å²) in [5.74, 6) is 0.453. The Labute approximate surface area is 106 Å². The molecule has 0 atom stereocenters. The van der Waals surface area contributed by atoms with Crippen molar-refractivity contribution in [2.45, 2.75) is 13.8 Å². The molecule has 6 heteroatoms. The van der Waals surface area contributed by atoms with E-state index in [1.807, 2.05) is 13.8 Å². The topological polar surface area (TPSA) is 71.2 Å². The van der Waals surface area contributed by atoms with Crippen molar-refractivity contribution in [3.05, 3.63) is 17.3 Å². The van der Waals surface area contributed by atoms with Crippen molar-refractivity contribution in [1.82, 2.24) is 9.88 Å². The van der Waals surface area contributed by atoms with Crippen LogP contribution in [0.4, 0.5) is 11.5 Å². The first kappa shape index (κ1) is 13.6. The zero-order valence-corrected chi connectivity index (χ0v) is 10.8. The highest BCUT2D eigenvalue weighted by Crippen LogP contribution is 2.17. The smallest absolute Gasteiger partial charge is 0.241 e. The largest absolute Gasteiger partial charge is 0.396 e. The predicted molar refractivity (Wildman–Crippen MR) is 70.1 cm³/mol. The monoisotopic (exact) mass is 256 g/mol. The Morgan fingerprint density at radius 3 is 2.71 bits per heavy atom. The van der Waals surface area contributed by atoms with Crippen LogP contribution in [-0.4, -0.2) is 35.4 Å². The molecule has 0 radical (unpaired) electrons. The van der Waals surface area contributed by atoms with Crippen molar-refractivity contribution in [2.24, 2.45) is 0 Å². The molecule has 0 fully saturated rings. The fourth-order valence-electron chi connectivity index (χ4n) is 1.44. The second kappa shape index (κ2) is 6.30. The van der Waals surface area contributed by atoms with Crippen molar-refractivity contribution in [3.63, 3.8) is 0 Å². The molecule has 1 aromatic rings. The lowest BCUT2D eigenvalue weighted by molar-refractivity contribution is -0.128. The quantitative estimate of drug-likeness (QED) is 0.785. The molecule has 0 saturated heterocycles. The number of likely N-dealkylation sites (N-methyl/N-ethyl adjacent to an activating group) is 1. The van der Waals surface area contributed by atoms with Crippen molar-refractivity contribution in [2.75, 3.05) is 30.7 Å². The molecule has 0 aromatic carbocycles. The maximum absolute atomic E-state index is 11.7. The Morgan fingerprint density at radius 1 is 1.47 bits per heavy atom. The van der Waals surface area contributed by atoms with E-state index in [0.29, 0.717) is 29.7 Å². The van der Waals surface area contributed by atoms with Gasteiger partial charge in [0.05, 0.1) is 12.2 Å². The number of nitrogens with one attached hydrogen (secondary N) is 1. The second-order valence-corrected chi connectivity index (χ2v) is 3.88. The van der Waals surface area contributed by atoms with E-state index in [2.05, 4.69) is 10.3 Å². The number of nitrogen functional groups attached to an aromatic ring is 1. The highest BCUT2D eigenvalue weighted by atomic mass is 35.5. The number of hydrogen-bond donors (Lipinski definition) is 2. The van der Waals surface area contributed by atoms with E-state index in [-0.39, 0.29) is 12.5 Å². The molecule has 0 aliphatic heterocycles. The van der Waals surface area contributed by atoms with E-state index < -0.39 is 0 Å². The van der Waals surface area contributed by atoms with Gasteiger partial charge in [0.25, 0.3) is 0 Å². The number of anilines is 2. The molecule has 3 N–H and O–H groups in total. The molecule has 94 valence electrons. The molecular formula is C11H17ClN4O. The Morgan fingerprint density at radius 2 is 2.12 bits per heavy atom. The molecule has 0 bridgehead atoms. The normalized spacial score (nSPS) is 10.1. The van der Waals surface area contributed by atoms with Gasteiger partial charge in [-0.2, -0.15) is 0 Å². The summed E-state index contributed by atoms with van der Waals surface area (Å²) in [6.45, 7) is 5.42. The van der Waals surface area contributed by atoms with Crippen LogP contribution in [-0.2, 0) is 4.79 Å². The molecule has 0 unspecified atom stereocenters. The number of carbonyl (C=O) groups excluding carboxylic acids is 1. The van der Waals surface area contributed by atoms with Crippen molar-refractivity contribution < 1.29 is 4.79 Å². The maximum atomic E-state index is 11.7. The number of aromatic nitrogens is 1. The average molecular weight is 257 g/mol. The van der Waals surface area contributed by atoms with E-state index in [1.54, 1.807) is 17.0 Å².